The first-order chi connectivity index (χ1) is 20.8. The van der Waals surface area contributed by atoms with E-state index in [0.29, 0.717) is 45.5 Å². The third-order valence-corrected chi connectivity index (χ3v) is 9.14. The van der Waals surface area contributed by atoms with Crippen LogP contribution in [0.4, 0.5) is 33.2 Å². The summed E-state index contributed by atoms with van der Waals surface area (Å²) in [6, 6.07) is 14.5. The zero-order chi connectivity index (χ0) is 30.0. The van der Waals surface area contributed by atoms with E-state index in [2.05, 4.69) is 47.2 Å². The molecule has 13 heteroatoms. The molecule has 0 radical (unpaired) electrons. The van der Waals surface area contributed by atoms with E-state index < -0.39 is 10.0 Å². The Morgan fingerprint density at radius 1 is 1.00 bits per heavy atom. The average Bonchev–Trinajstić information content (AvgIpc) is 3.47. The molecule has 0 unspecified atom stereocenters. The molecular weight excluding hydrogens is 569 g/mol. The number of hydrogen-bond donors (Lipinski definition) is 4. The number of benzene rings is 2. The van der Waals surface area contributed by atoms with Gasteiger partial charge in [-0.2, -0.15) is 9.97 Å². The van der Waals surface area contributed by atoms with Gasteiger partial charge < -0.3 is 25.4 Å². The van der Waals surface area contributed by atoms with Gasteiger partial charge in [0, 0.05) is 62.9 Å². The number of fused-ring (bicyclic) bond motifs is 1. The van der Waals surface area contributed by atoms with Gasteiger partial charge in [-0.25, -0.2) is 17.9 Å². The van der Waals surface area contributed by atoms with Gasteiger partial charge in [0.25, 0.3) is 0 Å². The molecule has 2 aliphatic rings. The number of rotatable bonds is 9. The SMILES string of the molecule is CCN1CCN(C2CCN(c3ccc(Nc4nc(Nc5ccccc5CS(N)(=O)=O)c5cc[nH]c5n4)cc3F)CC2)CC1. The summed E-state index contributed by atoms with van der Waals surface area (Å²) >= 11 is 0. The number of hydrogen-bond acceptors (Lipinski definition) is 9. The number of nitrogens with two attached hydrogens (primary N) is 1. The molecule has 0 saturated carbocycles. The molecule has 0 aliphatic carbocycles. The minimum absolute atomic E-state index is 0.262. The van der Waals surface area contributed by atoms with Crippen molar-refractivity contribution in [2.24, 2.45) is 5.14 Å². The van der Waals surface area contributed by atoms with Gasteiger partial charge in [-0.05, 0) is 55.3 Å². The fourth-order valence-corrected chi connectivity index (χ4v) is 6.78. The zero-order valence-electron chi connectivity index (χ0n) is 24.3. The first-order valence-corrected chi connectivity index (χ1v) is 16.5. The third-order valence-electron chi connectivity index (χ3n) is 8.42. The summed E-state index contributed by atoms with van der Waals surface area (Å²) in [7, 11) is -3.73. The van der Waals surface area contributed by atoms with E-state index >= 15 is 4.39 Å². The van der Waals surface area contributed by atoms with Crippen molar-refractivity contribution in [3.63, 3.8) is 0 Å². The second kappa shape index (κ2) is 12.4. The Morgan fingerprint density at radius 3 is 2.49 bits per heavy atom. The average molecular weight is 608 g/mol. The van der Waals surface area contributed by atoms with Gasteiger partial charge in [-0.1, -0.05) is 25.1 Å². The number of nitrogens with one attached hydrogen (secondary N) is 3. The number of aromatic nitrogens is 3. The van der Waals surface area contributed by atoms with Crippen LogP contribution in [0.2, 0.25) is 0 Å². The highest BCUT2D eigenvalue weighted by molar-refractivity contribution is 7.88. The van der Waals surface area contributed by atoms with Gasteiger partial charge >= 0.3 is 0 Å². The summed E-state index contributed by atoms with van der Waals surface area (Å²) in [4.78, 5) is 19.5. The molecule has 6 rings (SSSR count). The summed E-state index contributed by atoms with van der Waals surface area (Å²) < 4.78 is 38.9. The van der Waals surface area contributed by atoms with Gasteiger partial charge in [-0.3, -0.25) is 4.90 Å². The smallest absolute Gasteiger partial charge is 0.231 e. The van der Waals surface area contributed by atoms with Crippen LogP contribution < -0.4 is 20.7 Å². The second-order valence-corrected chi connectivity index (χ2v) is 12.8. The van der Waals surface area contributed by atoms with Crippen LogP contribution >= 0.6 is 0 Å². The van der Waals surface area contributed by atoms with E-state index in [1.165, 1.54) is 6.07 Å². The van der Waals surface area contributed by atoms with Crippen molar-refractivity contribution in [1.29, 1.82) is 0 Å². The lowest BCUT2D eigenvalue weighted by Crippen LogP contribution is -2.53. The summed E-state index contributed by atoms with van der Waals surface area (Å²) in [5, 5.41) is 12.4. The van der Waals surface area contributed by atoms with Gasteiger partial charge in [-0.15, -0.1) is 0 Å². The van der Waals surface area contributed by atoms with Gasteiger partial charge in [0.05, 0.1) is 16.8 Å². The quantitative estimate of drug-likeness (QED) is 0.223. The Balaban J connectivity index is 1.15. The van der Waals surface area contributed by atoms with Crippen LogP contribution in [0.1, 0.15) is 25.3 Å². The standard InChI is InChI=1S/C30H38FN9O2S/c1-2-38-15-17-39(18-16-38)23-10-13-40(14-11-23)27-8-7-22(19-25(27)31)34-30-36-28-24(9-12-33-28)29(37-30)35-26-6-4-3-5-21(26)20-43(32,41)42/h3-9,12,19,23H,2,10-11,13-18,20H2,1H3,(H2,32,41,42)(H3,33,34,35,36,37). The molecular formula is C30H38FN9O2S. The Morgan fingerprint density at radius 2 is 1.77 bits per heavy atom. The van der Waals surface area contributed by atoms with E-state index in [4.69, 9.17) is 5.14 Å². The highest BCUT2D eigenvalue weighted by Crippen LogP contribution is 2.31. The minimum atomic E-state index is -3.73. The van der Waals surface area contributed by atoms with Crippen molar-refractivity contribution in [2.45, 2.75) is 31.6 Å². The largest absolute Gasteiger partial charge is 0.369 e. The molecule has 2 saturated heterocycles. The van der Waals surface area contributed by atoms with Crippen LogP contribution in [0.5, 0.6) is 0 Å². The van der Waals surface area contributed by atoms with Crippen LogP contribution in [0.3, 0.4) is 0 Å². The molecule has 0 bridgehead atoms. The maximum absolute atomic E-state index is 15.4. The summed E-state index contributed by atoms with van der Waals surface area (Å²) in [6.07, 6.45) is 3.81. The van der Waals surface area contributed by atoms with Gasteiger partial charge in [0.15, 0.2) is 0 Å². The number of primary sulfonamides is 1. The van der Waals surface area contributed by atoms with E-state index in [-0.39, 0.29) is 17.5 Å². The third kappa shape index (κ3) is 6.90. The monoisotopic (exact) mass is 607 g/mol. The molecule has 0 spiro atoms. The van der Waals surface area contributed by atoms with Crippen molar-refractivity contribution >= 4 is 49.9 Å². The molecule has 2 aromatic carbocycles. The zero-order valence-corrected chi connectivity index (χ0v) is 25.1. The molecule has 0 amide bonds. The Kier molecular flexibility index (Phi) is 8.48. The predicted molar refractivity (Wildman–Crippen MR) is 169 cm³/mol. The molecule has 2 aliphatic heterocycles. The molecule has 2 aromatic heterocycles. The lowest BCUT2D eigenvalue weighted by atomic mass is 10.0. The van der Waals surface area contributed by atoms with E-state index in [1.54, 1.807) is 30.5 Å². The van der Waals surface area contributed by atoms with Gasteiger partial charge in [0.2, 0.25) is 16.0 Å². The Labute approximate surface area is 251 Å². The Bertz CT molecular complexity index is 1680. The Hall–Kier alpha value is -3.78. The maximum Gasteiger partial charge on any atom is 0.231 e. The van der Waals surface area contributed by atoms with E-state index in [0.717, 1.165) is 58.7 Å². The maximum atomic E-state index is 15.4. The number of anilines is 5. The molecule has 4 aromatic rings. The summed E-state index contributed by atoms with van der Waals surface area (Å²) in [5.41, 5.74) is 2.78. The lowest BCUT2D eigenvalue weighted by Gasteiger charge is -2.43. The molecule has 0 atom stereocenters. The van der Waals surface area contributed by atoms with Crippen LogP contribution in [0, 0.1) is 5.82 Å². The van der Waals surface area contributed by atoms with Crippen molar-refractivity contribution in [3.8, 4) is 0 Å². The van der Waals surface area contributed by atoms with Crippen LogP contribution in [0.15, 0.2) is 54.7 Å². The number of halogens is 1. The lowest BCUT2D eigenvalue weighted by molar-refractivity contribution is 0.0878. The van der Waals surface area contributed by atoms with Crippen molar-refractivity contribution in [2.75, 3.05) is 61.3 Å². The number of H-pyrrole nitrogens is 1. The van der Waals surface area contributed by atoms with Gasteiger partial charge in [0.1, 0.15) is 17.3 Å². The number of likely N-dealkylation sites (N-methyl/N-ethyl adjacent to an activating group) is 1. The van der Waals surface area contributed by atoms with Crippen LogP contribution in [-0.4, -0.2) is 85.0 Å². The van der Waals surface area contributed by atoms with Crippen LogP contribution in [0.25, 0.3) is 11.0 Å². The minimum Gasteiger partial charge on any atom is -0.369 e. The van der Waals surface area contributed by atoms with Crippen LogP contribution in [-0.2, 0) is 15.8 Å². The molecule has 43 heavy (non-hydrogen) atoms. The number of para-hydroxylation sites is 1. The fourth-order valence-electron chi connectivity index (χ4n) is 6.09. The summed E-state index contributed by atoms with van der Waals surface area (Å²) in [5.74, 6) is 0.113. The highest BCUT2D eigenvalue weighted by atomic mass is 32.2. The van der Waals surface area contributed by atoms with E-state index in [9.17, 15) is 8.42 Å². The molecule has 5 N–H and O–H groups in total. The predicted octanol–water partition coefficient (Wildman–Crippen LogP) is 3.98. The van der Waals surface area contributed by atoms with Crippen molar-refractivity contribution in [1.82, 2.24) is 24.8 Å². The number of nitrogens with zero attached hydrogens (tertiary/aromatic N) is 5. The van der Waals surface area contributed by atoms with Crippen molar-refractivity contribution in [3.05, 3.63) is 66.1 Å². The number of aromatic amines is 1. The number of piperidine rings is 1. The first kappa shape index (κ1) is 29.3. The topological polar surface area (TPSA) is 136 Å². The molecule has 11 nitrogen and oxygen atoms in total. The number of sulfonamides is 1. The summed E-state index contributed by atoms with van der Waals surface area (Å²) in [6.45, 7) is 9.47. The highest BCUT2D eigenvalue weighted by Gasteiger charge is 2.28. The van der Waals surface area contributed by atoms with E-state index in [1.807, 2.05) is 18.2 Å². The second-order valence-electron chi connectivity index (χ2n) is 11.2. The molecule has 228 valence electrons. The molecule has 4 heterocycles. The normalized spacial score (nSPS) is 17.4. The fraction of sp³-hybridized carbons (Fsp3) is 0.400. The number of piperazine rings is 1. The van der Waals surface area contributed by atoms with Crippen molar-refractivity contribution < 1.29 is 12.8 Å². The molecule has 2 fully saturated rings. The first-order valence-electron chi connectivity index (χ1n) is 14.7.